The van der Waals surface area contributed by atoms with Gasteiger partial charge in [-0.25, -0.2) is 19.9 Å². The van der Waals surface area contributed by atoms with Crippen molar-refractivity contribution in [3.63, 3.8) is 0 Å². The normalized spacial score (nSPS) is 11.6. The Labute approximate surface area is 763 Å². The monoisotopic (exact) mass is 1670 g/mol. The van der Waals surface area contributed by atoms with Crippen LogP contribution in [0.15, 0.2) is 485 Å². The molecule has 0 saturated carbocycles. The minimum Gasteiger partial charge on any atom is -0.248 e. The molecule has 612 valence electrons. The molecule has 0 N–H and O–H groups in total. The van der Waals surface area contributed by atoms with E-state index in [9.17, 15) is 0 Å². The molecule has 4 nitrogen and oxygen atoms in total. The summed E-state index contributed by atoms with van der Waals surface area (Å²) in [7, 11) is 0. The topological polar surface area (TPSA) is 51.6 Å². The smallest absolute Gasteiger partial charge is 0.0794 e. The number of rotatable bonds is 12. The van der Waals surface area contributed by atoms with Gasteiger partial charge in [0.15, 0.2) is 0 Å². The average Bonchev–Trinajstić information content (AvgIpc) is 0.725. The maximum Gasteiger partial charge on any atom is 0.0794 e. The van der Waals surface area contributed by atoms with Crippen LogP contribution < -0.4 is 0 Å². The maximum absolute atomic E-state index is 5.71. The molecule has 4 heterocycles. The lowest BCUT2D eigenvalue weighted by Gasteiger charge is -2.19. The molecule has 0 radical (unpaired) electrons. The van der Waals surface area contributed by atoms with E-state index in [1.807, 2.05) is 0 Å². The number of hydrogen-bond acceptors (Lipinski definition) is 4. The average molecular weight is 1670 g/mol. The molecule has 22 aromatic carbocycles. The summed E-state index contributed by atoms with van der Waals surface area (Å²) in [5.41, 5.74) is 28.2. The van der Waals surface area contributed by atoms with E-state index in [-0.39, 0.29) is 0 Å². The Bertz CT molecular complexity index is 8460. The van der Waals surface area contributed by atoms with E-state index in [0.717, 1.165) is 156 Å². The molecular weight excluding hydrogens is 1590 g/mol. The molecular formula is C128H80N4. The molecule has 132 heavy (non-hydrogen) atoms. The second kappa shape index (κ2) is 32.5. The molecule has 0 spiro atoms. The summed E-state index contributed by atoms with van der Waals surface area (Å²) >= 11 is 0. The van der Waals surface area contributed by atoms with Crippen molar-refractivity contribution in [2.45, 2.75) is 0 Å². The SMILES string of the molecule is c1ccc(-c2cc(-c3ccc(-c4cc5c(-c6cc7ccccc7c7ccccc67)cc(-c6cc7ccccc7c7ccccc67)nc5c5ccccc45)cc3)cc(-c3ccccc3)n2)cc1.c1ccc(-c2cc(-c3ccccc3)nc(-c3ccc(-c4cc5c(-c6cc7ccccc7c7ccccc67)cc(-c6cc7ccccc7c7ccccc67)nc5c5ccccc45)cc3)c2)cc1. The predicted molar refractivity (Wildman–Crippen MR) is 559 cm³/mol. The Morgan fingerprint density at radius 1 is 0.0985 bits per heavy atom. The highest BCUT2D eigenvalue weighted by Crippen LogP contribution is 2.50. The fourth-order valence-corrected chi connectivity index (χ4v) is 20.5. The fraction of sp³-hybridized carbons (Fsp3) is 0. The molecule has 0 amide bonds. The zero-order chi connectivity index (χ0) is 87.1. The van der Waals surface area contributed by atoms with Crippen LogP contribution in [0.1, 0.15) is 0 Å². The highest BCUT2D eigenvalue weighted by molar-refractivity contribution is 6.25. The molecule has 26 rings (SSSR count). The van der Waals surface area contributed by atoms with Crippen molar-refractivity contribution < 1.29 is 0 Å². The number of aromatic nitrogens is 4. The van der Waals surface area contributed by atoms with Gasteiger partial charge in [0.2, 0.25) is 0 Å². The van der Waals surface area contributed by atoms with Crippen molar-refractivity contribution in [3.8, 4) is 134 Å². The van der Waals surface area contributed by atoms with Gasteiger partial charge in [0.25, 0.3) is 0 Å². The molecule has 0 fully saturated rings. The van der Waals surface area contributed by atoms with Crippen LogP contribution in [0.2, 0.25) is 0 Å². The number of nitrogens with zero attached hydrogens (tertiary/aromatic N) is 4. The summed E-state index contributed by atoms with van der Waals surface area (Å²) in [5, 5.41) is 26.4. The van der Waals surface area contributed by atoms with Gasteiger partial charge >= 0.3 is 0 Å². The lowest BCUT2D eigenvalue weighted by atomic mass is 9.87. The minimum atomic E-state index is 0.938. The van der Waals surface area contributed by atoms with Crippen LogP contribution in [0.4, 0.5) is 0 Å². The molecule has 0 aliphatic rings. The van der Waals surface area contributed by atoms with Gasteiger partial charge < -0.3 is 0 Å². The summed E-state index contributed by atoms with van der Waals surface area (Å²) in [4.78, 5) is 21.8. The van der Waals surface area contributed by atoms with Gasteiger partial charge in [-0.2, -0.15) is 0 Å². The van der Waals surface area contributed by atoms with E-state index in [0.29, 0.717) is 0 Å². The van der Waals surface area contributed by atoms with Crippen LogP contribution in [0, 0.1) is 0 Å². The van der Waals surface area contributed by atoms with Crippen molar-refractivity contribution in [3.05, 3.63) is 485 Å². The molecule has 0 aliphatic heterocycles. The van der Waals surface area contributed by atoms with E-state index in [2.05, 4.69) is 485 Å². The van der Waals surface area contributed by atoms with Crippen LogP contribution >= 0.6 is 0 Å². The molecule has 0 atom stereocenters. The highest BCUT2D eigenvalue weighted by atomic mass is 14.7. The van der Waals surface area contributed by atoms with Crippen LogP contribution in [-0.4, -0.2) is 19.9 Å². The lowest BCUT2D eigenvalue weighted by Crippen LogP contribution is -1.95. The van der Waals surface area contributed by atoms with Crippen molar-refractivity contribution in [2.24, 2.45) is 0 Å². The Hall–Kier alpha value is -17.4. The first-order valence-electron chi connectivity index (χ1n) is 45.3. The first-order valence-corrected chi connectivity index (χ1v) is 45.3. The third kappa shape index (κ3) is 13.6. The van der Waals surface area contributed by atoms with Crippen molar-refractivity contribution in [2.75, 3.05) is 0 Å². The van der Waals surface area contributed by atoms with Gasteiger partial charge in [-0.1, -0.05) is 413 Å². The summed E-state index contributed by atoms with van der Waals surface area (Å²) in [6.45, 7) is 0. The molecule has 0 aliphatic carbocycles. The zero-order valence-corrected chi connectivity index (χ0v) is 72.0. The van der Waals surface area contributed by atoms with Gasteiger partial charge in [-0.05, 0) is 237 Å². The van der Waals surface area contributed by atoms with E-state index in [4.69, 9.17) is 19.9 Å². The highest BCUT2D eigenvalue weighted by Gasteiger charge is 2.25. The first kappa shape index (κ1) is 76.9. The van der Waals surface area contributed by atoms with Gasteiger partial charge in [-0.15, -0.1) is 0 Å². The fourth-order valence-electron chi connectivity index (χ4n) is 20.5. The van der Waals surface area contributed by atoms with Crippen LogP contribution in [0.3, 0.4) is 0 Å². The second-order valence-electron chi connectivity index (χ2n) is 34.5. The number of benzene rings is 22. The van der Waals surface area contributed by atoms with Gasteiger partial charge in [0, 0.05) is 54.9 Å². The number of pyridine rings is 4. The first-order chi connectivity index (χ1) is 65.4. The summed E-state index contributed by atoms with van der Waals surface area (Å²) in [5.74, 6) is 0. The van der Waals surface area contributed by atoms with E-state index >= 15 is 0 Å². The summed E-state index contributed by atoms with van der Waals surface area (Å²) in [6, 6.07) is 176. The maximum atomic E-state index is 5.71. The van der Waals surface area contributed by atoms with E-state index in [1.54, 1.807) is 0 Å². The Kier molecular flexibility index (Phi) is 18.9. The van der Waals surface area contributed by atoms with Crippen LogP contribution in [-0.2, 0) is 0 Å². The molecule has 0 unspecified atom stereocenters. The van der Waals surface area contributed by atoms with Gasteiger partial charge in [-0.3, -0.25) is 0 Å². The van der Waals surface area contributed by atoms with E-state index < -0.39 is 0 Å². The molecule has 0 saturated heterocycles. The number of hydrogen-bond donors (Lipinski definition) is 0. The van der Waals surface area contributed by atoms with Crippen LogP contribution in [0.25, 0.3) is 264 Å². The lowest BCUT2D eigenvalue weighted by molar-refractivity contribution is 1.32. The van der Waals surface area contributed by atoms with Crippen molar-refractivity contribution >= 4 is 130 Å². The predicted octanol–water partition coefficient (Wildman–Crippen LogP) is 34.8. The quantitative estimate of drug-likeness (QED) is 0.114. The van der Waals surface area contributed by atoms with Gasteiger partial charge in [0.1, 0.15) is 0 Å². The Balaban J connectivity index is 0.000000142. The summed E-state index contributed by atoms with van der Waals surface area (Å²) < 4.78 is 0. The zero-order valence-electron chi connectivity index (χ0n) is 72.0. The van der Waals surface area contributed by atoms with Crippen LogP contribution in [0.5, 0.6) is 0 Å². The summed E-state index contributed by atoms with van der Waals surface area (Å²) in [6.07, 6.45) is 0. The Morgan fingerprint density at radius 3 is 0.629 bits per heavy atom. The minimum absolute atomic E-state index is 0.938. The molecule has 0 bridgehead atoms. The van der Waals surface area contributed by atoms with Crippen molar-refractivity contribution in [1.82, 2.24) is 19.9 Å². The third-order valence-electron chi connectivity index (χ3n) is 26.8. The standard InChI is InChI=1S/2C64H40N2/c1-3-17-43(18-4-1)61-37-47(38-62(65-61)44-19-5-2-6-20-44)41-31-33-42(34-32-41)56-39-60-58(57-35-45-21-7-9-23-48(45)50-25-11-13-27-52(50)57)40-63(66-64(60)55-30-16-15-29-54(55)56)59-36-46-22-8-10-24-49(46)51-26-12-14-28-53(51)59;1-3-17-41(18-4-1)47-37-61(43-19-5-2-6-20-43)65-62(38-47)44-33-31-42(32-34-44)56-39-60-58(57-35-45-21-7-9-23-48(45)50-25-11-13-27-52(50)57)40-63(66-64(60)55-30-16-15-29-54(55)56)59-36-46-22-8-10-24-49(46)51-26-12-14-28-53(51)59/h2*1-40H. The number of fused-ring (bicyclic) bond motifs is 18. The third-order valence-corrected chi connectivity index (χ3v) is 26.8. The molecule has 4 aromatic heterocycles. The molecule has 4 heteroatoms. The Morgan fingerprint density at radius 2 is 0.311 bits per heavy atom. The van der Waals surface area contributed by atoms with Crippen molar-refractivity contribution in [1.29, 1.82) is 0 Å². The largest absolute Gasteiger partial charge is 0.248 e. The van der Waals surface area contributed by atoms with E-state index in [1.165, 1.54) is 108 Å². The second-order valence-corrected chi connectivity index (χ2v) is 34.5. The molecule has 26 aromatic rings. The van der Waals surface area contributed by atoms with Gasteiger partial charge in [0.05, 0.1) is 45.2 Å².